The van der Waals surface area contributed by atoms with Gasteiger partial charge in [0.1, 0.15) is 4.88 Å². The summed E-state index contributed by atoms with van der Waals surface area (Å²) in [4.78, 5) is 20.3. The Kier molecular flexibility index (Phi) is 3.32. The third-order valence-corrected chi connectivity index (χ3v) is 4.90. The molecule has 0 aliphatic heterocycles. The molecule has 96 valence electrons. The summed E-state index contributed by atoms with van der Waals surface area (Å²) < 4.78 is 0.606. The highest BCUT2D eigenvalue weighted by atomic mass is 32.2. The summed E-state index contributed by atoms with van der Waals surface area (Å²) in [5.74, 6) is -0.272. The molecule has 2 N–H and O–H groups in total. The van der Waals surface area contributed by atoms with Gasteiger partial charge in [0, 0.05) is 0 Å². The van der Waals surface area contributed by atoms with E-state index in [2.05, 4.69) is 20.2 Å². The maximum atomic E-state index is 10.8. The molecule has 3 aromatic heterocycles. The lowest BCUT2D eigenvalue weighted by Crippen LogP contribution is -1.89. The topological polar surface area (TPSA) is 91.8 Å². The van der Waals surface area contributed by atoms with E-state index < -0.39 is 5.97 Å². The number of rotatable bonds is 4. The third kappa shape index (κ3) is 2.67. The van der Waals surface area contributed by atoms with E-state index in [9.17, 15) is 4.79 Å². The van der Waals surface area contributed by atoms with Crippen molar-refractivity contribution in [3.05, 3.63) is 28.6 Å². The van der Waals surface area contributed by atoms with Gasteiger partial charge in [0.2, 0.25) is 5.16 Å². The zero-order valence-electron chi connectivity index (χ0n) is 9.23. The van der Waals surface area contributed by atoms with Crippen LogP contribution in [0.4, 0.5) is 0 Å². The van der Waals surface area contributed by atoms with E-state index in [1.54, 1.807) is 11.3 Å². The molecule has 0 radical (unpaired) electrons. The van der Waals surface area contributed by atoms with Crippen LogP contribution in [0.3, 0.4) is 0 Å². The average molecular weight is 310 g/mol. The van der Waals surface area contributed by atoms with E-state index in [-0.39, 0.29) is 4.88 Å². The lowest BCUT2D eigenvalue weighted by molar-refractivity contribution is 0.0702. The quantitative estimate of drug-likeness (QED) is 0.770. The van der Waals surface area contributed by atoms with E-state index in [0.717, 1.165) is 16.2 Å². The van der Waals surface area contributed by atoms with Crippen molar-refractivity contribution in [2.75, 3.05) is 0 Å². The van der Waals surface area contributed by atoms with Crippen LogP contribution in [-0.2, 0) is 0 Å². The van der Waals surface area contributed by atoms with Crippen molar-refractivity contribution in [3.8, 4) is 10.7 Å². The first kappa shape index (κ1) is 12.3. The minimum atomic E-state index is -0.974. The SMILES string of the molecule is O=C(O)c1cnc(Sc2n[nH]c(-c3cccs3)n2)s1. The number of carboxylic acids is 1. The lowest BCUT2D eigenvalue weighted by Gasteiger charge is -1.88. The van der Waals surface area contributed by atoms with Gasteiger partial charge in [0.15, 0.2) is 10.2 Å². The summed E-state index contributed by atoms with van der Waals surface area (Å²) in [6.07, 6.45) is 1.34. The van der Waals surface area contributed by atoms with Gasteiger partial charge in [-0.25, -0.2) is 14.8 Å². The zero-order valence-corrected chi connectivity index (χ0v) is 11.7. The summed E-state index contributed by atoms with van der Waals surface area (Å²) in [7, 11) is 0. The Hall–Kier alpha value is -1.71. The molecule has 3 aromatic rings. The van der Waals surface area contributed by atoms with Crippen LogP contribution in [0.15, 0.2) is 33.2 Å². The van der Waals surface area contributed by atoms with Gasteiger partial charge in [0.25, 0.3) is 0 Å². The molecule has 9 heteroatoms. The molecule has 3 heterocycles. The third-order valence-electron chi connectivity index (χ3n) is 2.09. The zero-order chi connectivity index (χ0) is 13.2. The second kappa shape index (κ2) is 5.11. The molecule has 6 nitrogen and oxygen atoms in total. The number of thiazole rings is 1. The number of hydrogen-bond donors (Lipinski definition) is 2. The van der Waals surface area contributed by atoms with E-state index in [1.807, 2.05) is 17.5 Å². The molecule has 0 bridgehead atoms. The number of carboxylic acid groups (broad SMARTS) is 1. The van der Waals surface area contributed by atoms with Crippen LogP contribution in [0, 0.1) is 0 Å². The van der Waals surface area contributed by atoms with Crippen molar-refractivity contribution in [1.29, 1.82) is 0 Å². The fourth-order valence-corrected chi connectivity index (χ4v) is 3.60. The smallest absolute Gasteiger partial charge is 0.347 e. The maximum absolute atomic E-state index is 10.8. The summed E-state index contributed by atoms with van der Waals surface area (Å²) in [5, 5.41) is 18.2. The van der Waals surface area contributed by atoms with Gasteiger partial charge in [0.05, 0.1) is 11.1 Å². The van der Waals surface area contributed by atoms with Crippen molar-refractivity contribution in [2.24, 2.45) is 0 Å². The molecule has 0 fully saturated rings. The second-order valence-electron chi connectivity index (χ2n) is 3.34. The first-order chi connectivity index (χ1) is 9.22. The van der Waals surface area contributed by atoms with Gasteiger partial charge in [-0.1, -0.05) is 6.07 Å². The molecule has 0 saturated heterocycles. The van der Waals surface area contributed by atoms with Crippen LogP contribution in [0.5, 0.6) is 0 Å². The van der Waals surface area contributed by atoms with Crippen molar-refractivity contribution in [1.82, 2.24) is 20.2 Å². The summed E-state index contributed by atoms with van der Waals surface area (Å²) in [6, 6.07) is 3.89. The summed E-state index contributed by atoms with van der Waals surface area (Å²) >= 11 is 3.91. The molecule has 0 aliphatic carbocycles. The molecule has 19 heavy (non-hydrogen) atoms. The molecule has 3 rings (SSSR count). The first-order valence-electron chi connectivity index (χ1n) is 5.05. The Balaban J connectivity index is 1.78. The average Bonchev–Trinajstić information content (AvgIpc) is 3.09. The summed E-state index contributed by atoms with van der Waals surface area (Å²) in [6.45, 7) is 0. The van der Waals surface area contributed by atoms with Crippen LogP contribution in [-0.4, -0.2) is 31.2 Å². The van der Waals surface area contributed by atoms with Crippen LogP contribution < -0.4 is 0 Å². The first-order valence-corrected chi connectivity index (χ1v) is 7.57. The fraction of sp³-hybridized carbons (Fsp3) is 0. The van der Waals surface area contributed by atoms with Gasteiger partial charge >= 0.3 is 5.97 Å². The van der Waals surface area contributed by atoms with E-state index in [1.165, 1.54) is 18.0 Å². The number of aromatic amines is 1. The van der Waals surface area contributed by atoms with Crippen molar-refractivity contribution < 1.29 is 9.90 Å². The Morgan fingerprint density at radius 3 is 3.05 bits per heavy atom. The molecule has 0 atom stereocenters. The number of aromatic nitrogens is 4. The molecule has 0 unspecified atom stereocenters. The fourth-order valence-electron chi connectivity index (χ4n) is 1.30. The van der Waals surface area contributed by atoms with Crippen molar-refractivity contribution in [2.45, 2.75) is 9.50 Å². The van der Waals surface area contributed by atoms with Gasteiger partial charge < -0.3 is 5.11 Å². The highest BCUT2D eigenvalue weighted by Gasteiger charge is 2.13. The second-order valence-corrected chi connectivity index (χ2v) is 6.53. The number of thiophene rings is 1. The highest BCUT2D eigenvalue weighted by Crippen LogP contribution is 2.30. The van der Waals surface area contributed by atoms with E-state index in [0.29, 0.717) is 15.3 Å². The molecule has 0 aromatic carbocycles. The number of nitrogens with one attached hydrogen (secondary N) is 1. The standard InChI is InChI=1S/C10H6N4O2S3/c15-8(16)6-4-11-10(18-6)19-9-12-7(13-14-9)5-2-1-3-17-5/h1-4H,(H,15,16)(H,12,13,14). The van der Waals surface area contributed by atoms with Crippen molar-refractivity contribution >= 4 is 40.4 Å². The lowest BCUT2D eigenvalue weighted by atomic mass is 10.4. The normalized spacial score (nSPS) is 10.7. The minimum absolute atomic E-state index is 0.205. The number of H-pyrrole nitrogens is 1. The van der Waals surface area contributed by atoms with E-state index in [4.69, 9.17) is 5.11 Å². The summed E-state index contributed by atoms with van der Waals surface area (Å²) in [5.41, 5.74) is 0. The molecule has 0 amide bonds. The number of carbonyl (C=O) groups is 1. The monoisotopic (exact) mass is 310 g/mol. The van der Waals surface area contributed by atoms with Crippen LogP contribution in [0.1, 0.15) is 9.67 Å². The number of hydrogen-bond acceptors (Lipinski definition) is 7. The van der Waals surface area contributed by atoms with Gasteiger partial charge in [-0.3, -0.25) is 5.10 Å². The molecule has 0 aliphatic rings. The van der Waals surface area contributed by atoms with Gasteiger partial charge in [-0.15, -0.1) is 27.8 Å². The Morgan fingerprint density at radius 2 is 2.37 bits per heavy atom. The van der Waals surface area contributed by atoms with Gasteiger partial charge in [-0.2, -0.15) is 0 Å². The molecule has 0 spiro atoms. The Labute approximate surface area is 119 Å². The maximum Gasteiger partial charge on any atom is 0.347 e. The Morgan fingerprint density at radius 1 is 1.47 bits per heavy atom. The van der Waals surface area contributed by atoms with Crippen molar-refractivity contribution in [3.63, 3.8) is 0 Å². The van der Waals surface area contributed by atoms with Crippen LogP contribution in [0.2, 0.25) is 0 Å². The molecular formula is C10H6N4O2S3. The van der Waals surface area contributed by atoms with Crippen LogP contribution >= 0.6 is 34.4 Å². The largest absolute Gasteiger partial charge is 0.477 e. The number of nitrogens with zero attached hydrogens (tertiary/aromatic N) is 3. The van der Waals surface area contributed by atoms with E-state index >= 15 is 0 Å². The predicted octanol–water partition coefficient (Wildman–Crippen LogP) is 2.84. The highest BCUT2D eigenvalue weighted by molar-refractivity contribution is 8.00. The minimum Gasteiger partial charge on any atom is -0.477 e. The van der Waals surface area contributed by atoms with Crippen LogP contribution in [0.25, 0.3) is 10.7 Å². The number of aromatic carboxylic acids is 1. The Bertz CT molecular complexity index is 704. The predicted molar refractivity (Wildman–Crippen MR) is 72.9 cm³/mol. The van der Waals surface area contributed by atoms with Gasteiger partial charge in [-0.05, 0) is 23.2 Å². The molecule has 0 saturated carbocycles. The molecular weight excluding hydrogens is 304 g/mol.